The van der Waals surface area contributed by atoms with Crippen molar-refractivity contribution >= 4 is 45.6 Å². The molecule has 2 fully saturated rings. The smallest absolute Gasteiger partial charge is 0.216 e. The summed E-state index contributed by atoms with van der Waals surface area (Å²) >= 11 is 11.8. The zero-order chi connectivity index (χ0) is 15.0. The van der Waals surface area contributed by atoms with Gasteiger partial charge in [-0.25, -0.2) is 13.1 Å². The first-order valence-corrected chi connectivity index (χ1v) is 9.51. The number of benzene rings is 1. The summed E-state index contributed by atoms with van der Waals surface area (Å²) in [5.74, 6) is -0.0907. The lowest BCUT2D eigenvalue weighted by molar-refractivity contribution is 0.345. The molecule has 0 amide bonds. The minimum Gasteiger partial charge on any atom is -0.311 e. The van der Waals surface area contributed by atoms with Crippen molar-refractivity contribution < 1.29 is 8.42 Å². The van der Waals surface area contributed by atoms with Gasteiger partial charge >= 0.3 is 0 Å². The van der Waals surface area contributed by atoms with Crippen molar-refractivity contribution in [2.45, 2.75) is 49.6 Å². The van der Waals surface area contributed by atoms with Crippen LogP contribution in [0.3, 0.4) is 0 Å². The van der Waals surface area contributed by atoms with Gasteiger partial charge in [0.2, 0.25) is 10.0 Å². The highest BCUT2D eigenvalue weighted by molar-refractivity contribution is 7.88. The normalized spacial score (nSPS) is 27.5. The molecule has 4 nitrogen and oxygen atoms in total. The fourth-order valence-corrected chi connectivity index (χ4v) is 5.32. The third-order valence-electron chi connectivity index (χ3n) is 4.10. The summed E-state index contributed by atoms with van der Waals surface area (Å²) in [7, 11) is -3.38. The van der Waals surface area contributed by atoms with Gasteiger partial charge in [-0.15, -0.1) is 12.4 Å². The molecule has 2 heterocycles. The summed E-state index contributed by atoms with van der Waals surface area (Å²) in [6, 6.07) is 5.81. The molecule has 2 aliphatic heterocycles. The van der Waals surface area contributed by atoms with Crippen molar-refractivity contribution in [1.29, 1.82) is 0 Å². The maximum atomic E-state index is 12.3. The molecule has 2 aliphatic rings. The predicted molar refractivity (Wildman–Crippen MR) is 92.4 cm³/mol. The van der Waals surface area contributed by atoms with Gasteiger partial charge in [0.25, 0.3) is 0 Å². The Kier molecular flexibility index (Phi) is 6.02. The lowest BCUT2D eigenvalue weighted by atomic mass is 10.0. The number of sulfonamides is 1. The average molecular weight is 386 g/mol. The van der Waals surface area contributed by atoms with E-state index in [1.807, 2.05) is 0 Å². The zero-order valence-corrected chi connectivity index (χ0v) is 15.0. The van der Waals surface area contributed by atoms with E-state index in [1.54, 1.807) is 18.2 Å². The second kappa shape index (κ2) is 7.24. The van der Waals surface area contributed by atoms with Crippen LogP contribution in [-0.2, 0) is 15.8 Å². The van der Waals surface area contributed by atoms with E-state index in [4.69, 9.17) is 23.2 Å². The van der Waals surface area contributed by atoms with Gasteiger partial charge in [0.1, 0.15) is 0 Å². The van der Waals surface area contributed by atoms with E-state index >= 15 is 0 Å². The van der Waals surface area contributed by atoms with Gasteiger partial charge in [0.05, 0.1) is 5.75 Å². The molecule has 8 heteroatoms. The predicted octanol–water partition coefficient (Wildman–Crippen LogP) is 3.12. The minimum atomic E-state index is -3.38. The molecular formula is C14H19Cl3N2O2S. The maximum Gasteiger partial charge on any atom is 0.216 e. The summed E-state index contributed by atoms with van der Waals surface area (Å²) in [6.07, 6.45) is 4.03. The van der Waals surface area contributed by atoms with Gasteiger partial charge in [-0.3, -0.25) is 0 Å². The van der Waals surface area contributed by atoms with E-state index < -0.39 is 10.0 Å². The van der Waals surface area contributed by atoms with Gasteiger partial charge in [-0.1, -0.05) is 23.2 Å². The number of hydrogen-bond acceptors (Lipinski definition) is 3. The SMILES string of the molecule is Cl.O=S(=O)(Cc1cc(Cl)cc(Cl)c1)NC1CC2CCC(C1)N2. The standard InChI is InChI=1S/C14H18Cl2N2O2S.ClH/c15-10-3-9(4-11(16)5-10)8-21(19,20)18-14-6-12-1-2-13(7-14)17-12;/h3-5,12-14,17-18H,1-2,6-8H2;1H. The van der Waals surface area contributed by atoms with Crippen molar-refractivity contribution in [3.05, 3.63) is 33.8 Å². The van der Waals surface area contributed by atoms with Crippen molar-refractivity contribution in [1.82, 2.24) is 10.0 Å². The molecule has 1 aromatic rings. The highest BCUT2D eigenvalue weighted by Crippen LogP contribution is 2.27. The molecule has 22 heavy (non-hydrogen) atoms. The van der Waals surface area contributed by atoms with Crippen LogP contribution in [0.1, 0.15) is 31.2 Å². The number of rotatable bonds is 4. The fraction of sp³-hybridized carbons (Fsp3) is 0.571. The van der Waals surface area contributed by atoms with Crippen molar-refractivity contribution in [3.63, 3.8) is 0 Å². The Labute approximate surface area is 147 Å². The third kappa shape index (κ3) is 4.73. The molecule has 1 aromatic carbocycles. The van der Waals surface area contributed by atoms with Crippen LogP contribution in [0.5, 0.6) is 0 Å². The summed E-state index contributed by atoms with van der Waals surface area (Å²) in [5, 5.41) is 4.40. The van der Waals surface area contributed by atoms with E-state index in [1.165, 1.54) is 0 Å². The highest BCUT2D eigenvalue weighted by atomic mass is 35.5. The Morgan fingerprint density at radius 1 is 1.09 bits per heavy atom. The van der Waals surface area contributed by atoms with Crippen LogP contribution in [0.15, 0.2) is 18.2 Å². The van der Waals surface area contributed by atoms with Crippen molar-refractivity contribution in [3.8, 4) is 0 Å². The molecular weight excluding hydrogens is 367 g/mol. The topological polar surface area (TPSA) is 58.2 Å². The van der Waals surface area contributed by atoms with Crippen molar-refractivity contribution in [2.24, 2.45) is 0 Å². The molecule has 0 saturated carbocycles. The first-order valence-electron chi connectivity index (χ1n) is 7.11. The number of halogens is 3. The molecule has 2 atom stereocenters. The molecule has 0 spiro atoms. The van der Waals surface area contributed by atoms with Crippen LogP contribution >= 0.6 is 35.6 Å². The van der Waals surface area contributed by atoms with Crippen LogP contribution in [0.2, 0.25) is 10.0 Å². The van der Waals surface area contributed by atoms with Crippen LogP contribution < -0.4 is 10.0 Å². The quantitative estimate of drug-likeness (QED) is 0.837. The summed E-state index contributed by atoms with van der Waals surface area (Å²) in [4.78, 5) is 0. The highest BCUT2D eigenvalue weighted by Gasteiger charge is 2.35. The van der Waals surface area contributed by atoms with Gasteiger partial charge in [0, 0.05) is 28.2 Å². The lowest BCUT2D eigenvalue weighted by Crippen LogP contribution is -2.48. The largest absolute Gasteiger partial charge is 0.311 e. The molecule has 124 valence electrons. The molecule has 3 rings (SSSR count). The van der Waals surface area contributed by atoms with E-state index in [-0.39, 0.29) is 24.2 Å². The van der Waals surface area contributed by atoms with Crippen LogP contribution in [0.25, 0.3) is 0 Å². The molecule has 2 saturated heterocycles. The van der Waals surface area contributed by atoms with Gasteiger partial charge in [-0.2, -0.15) is 0 Å². The molecule has 0 aliphatic carbocycles. The Morgan fingerprint density at radius 3 is 2.18 bits per heavy atom. The Hall–Kier alpha value is -0.0400. The molecule has 2 bridgehead atoms. The van der Waals surface area contributed by atoms with Gasteiger partial charge in [0.15, 0.2) is 0 Å². The second-order valence-electron chi connectivity index (χ2n) is 5.96. The number of nitrogens with one attached hydrogen (secondary N) is 2. The van der Waals surface area contributed by atoms with Crippen molar-refractivity contribution in [2.75, 3.05) is 0 Å². The molecule has 0 aromatic heterocycles. The summed E-state index contributed by atoms with van der Waals surface area (Å²) in [5.41, 5.74) is 0.608. The van der Waals surface area contributed by atoms with Gasteiger partial charge in [-0.05, 0) is 49.4 Å². The van der Waals surface area contributed by atoms with Crippen LogP contribution in [-0.4, -0.2) is 26.5 Å². The average Bonchev–Trinajstić information content (AvgIpc) is 2.65. The van der Waals surface area contributed by atoms with E-state index in [9.17, 15) is 8.42 Å². The summed E-state index contributed by atoms with van der Waals surface area (Å²) < 4.78 is 27.4. The van der Waals surface area contributed by atoms with Crippen LogP contribution in [0, 0.1) is 0 Å². The Balaban J connectivity index is 0.00000176. The summed E-state index contributed by atoms with van der Waals surface area (Å²) in [6.45, 7) is 0. The van der Waals surface area contributed by atoms with Crippen LogP contribution in [0.4, 0.5) is 0 Å². The monoisotopic (exact) mass is 384 g/mol. The maximum absolute atomic E-state index is 12.3. The molecule has 0 radical (unpaired) electrons. The molecule has 2 unspecified atom stereocenters. The second-order valence-corrected chi connectivity index (χ2v) is 8.59. The lowest BCUT2D eigenvalue weighted by Gasteiger charge is -2.29. The van der Waals surface area contributed by atoms with E-state index in [0.29, 0.717) is 27.7 Å². The minimum absolute atomic E-state index is 0. The van der Waals surface area contributed by atoms with E-state index in [2.05, 4.69) is 10.0 Å². The zero-order valence-electron chi connectivity index (χ0n) is 11.9. The Morgan fingerprint density at radius 2 is 1.64 bits per heavy atom. The number of piperidine rings is 1. The molecule has 2 N–H and O–H groups in total. The van der Waals surface area contributed by atoms with E-state index in [0.717, 1.165) is 25.7 Å². The first-order chi connectivity index (χ1) is 9.89. The Bertz CT molecular complexity index is 607. The fourth-order valence-electron chi connectivity index (χ4n) is 3.36. The number of hydrogen-bond donors (Lipinski definition) is 2. The number of fused-ring (bicyclic) bond motifs is 2. The van der Waals surface area contributed by atoms with Gasteiger partial charge < -0.3 is 5.32 Å². The first kappa shape index (κ1) is 18.3. The third-order valence-corrected chi connectivity index (χ3v) is 5.94.